The van der Waals surface area contributed by atoms with Crippen molar-refractivity contribution in [2.24, 2.45) is 5.73 Å². The largest absolute Gasteiger partial charge is 0.465 e. The molecule has 8 heteroatoms. The number of thioether (sulfide) groups is 1. The molecular weight excluding hydrogens is 234 g/mol. The molecule has 16 heavy (non-hydrogen) atoms. The van der Waals surface area contributed by atoms with E-state index in [1.165, 1.54) is 16.7 Å². The van der Waals surface area contributed by atoms with Crippen molar-refractivity contribution in [1.82, 2.24) is 10.2 Å². The highest BCUT2D eigenvalue weighted by Crippen LogP contribution is 2.37. The third-order valence-corrected chi connectivity index (χ3v) is 4.02. The van der Waals surface area contributed by atoms with Crippen molar-refractivity contribution in [1.29, 1.82) is 0 Å². The molecule has 0 radical (unpaired) electrons. The lowest BCUT2D eigenvalue weighted by atomic mass is 10.2. The average Bonchev–Trinajstić information content (AvgIpc) is 2.68. The zero-order valence-corrected chi connectivity index (χ0v) is 9.07. The highest BCUT2D eigenvalue weighted by Gasteiger charge is 2.49. The molecule has 0 aromatic heterocycles. The molecule has 0 bridgehead atoms. The van der Waals surface area contributed by atoms with E-state index in [9.17, 15) is 14.4 Å². The molecule has 0 unspecified atom stereocenters. The number of nitrogens with one attached hydrogen (secondary N) is 1. The average molecular weight is 245 g/mol. The van der Waals surface area contributed by atoms with Crippen molar-refractivity contribution in [3.8, 4) is 0 Å². The molecule has 2 rings (SSSR count). The van der Waals surface area contributed by atoms with E-state index in [1.54, 1.807) is 0 Å². The number of fused-ring (bicyclic) bond motifs is 1. The van der Waals surface area contributed by atoms with Gasteiger partial charge < -0.3 is 21.1 Å². The Hall–Kier alpha value is -1.44. The number of hydrogen-bond acceptors (Lipinski definition) is 4. The minimum Gasteiger partial charge on any atom is -0.465 e. The second-order valence-electron chi connectivity index (χ2n) is 3.69. The van der Waals surface area contributed by atoms with Gasteiger partial charge in [-0.25, -0.2) is 4.79 Å². The second-order valence-corrected chi connectivity index (χ2v) is 4.90. The Morgan fingerprint density at radius 1 is 1.56 bits per heavy atom. The zero-order chi connectivity index (χ0) is 11.9. The predicted molar refractivity (Wildman–Crippen MR) is 55.6 cm³/mol. The van der Waals surface area contributed by atoms with Crippen LogP contribution in [0.4, 0.5) is 4.79 Å². The zero-order valence-electron chi connectivity index (χ0n) is 8.25. The maximum Gasteiger partial charge on any atom is 0.405 e. The summed E-state index contributed by atoms with van der Waals surface area (Å²) in [5.74, 6) is -0.411. The van der Waals surface area contributed by atoms with Gasteiger partial charge >= 0.3 is 6.09 Å². The standard InChI is InChI=1S/C8H11N3O4S/c9-6(12)4-2-16-5-1-3(10-8(14)15)7(13)11(4)5/h3-5,10H,1-2H2,(H2,9,12)(H,14,15)/t3-,4+,5-/m1/s1. The van der Waals surface area contributed by atoms with Crippen LogP contribution in [0, 0.1) is 0 Å². The molecule has 0 spiro atoms. The van der Waals surface area contributed by atoms with Gasteiger partial charge in [-0.05, 0) is 0 Å². The van der Waals surface area contributed by atoms with Crippen LogP contribution in [0.2, 0.25) is 0 Å². The molecule has 2 heterocycles. The smallest absolute Gasteiger partial charge is 0.405 e. The number of nitrogens with zero attached hydrogens (tertiary/aromatic N) is 1. The first-order valence-corrected chi connectivity index (χ1v) is 5.78. The Labute approximate surface area is 95.3 Å². The van der Waals surface area contributed by atoms with Gasteiger partial charge in [0.05, 0.1) is 5.37 Å². The number of carboxylic acid groups (broad SMARTS) is 1. The molecule has 2 fully saturated rings. The SMILES string of the molecule is NC(=O)[C@@H]1CS[C@@H]2C[C@@H](NC(=O)O)C(=O)N21. The molecule has 7 nitrogen and oxygen atoms in total. The van der Waals surface area contributed by atoms with E-state index in [0.717, 1.165) is 0 Å². The number of rotatable bonds is 2. The normalized spacial score (nSPS) is 32.6. The van der Waals surface area contributed by atoms with Gasteiger partial charge in [0, 0.05) is 12.2 Å². The van der Waals surface area contributed by atoms with Crippen LogP contribution >= 0.6 is 11.8 Å². The van der Waals surface area contributed by atoms with Crippen LogP contribution in [0.15, 0.2) is 0 Å². The minimum atomic E-state index is -1.24. The molecule has 2 aliphatic heterocycles. The maximum absolute atomic E-state index is 11.8. The summed E-state index contributed by atoms with van der Waals surface area (Å²) in [6.07, 6.45) is -0.848. The summed E-state index contributed by atoms with van der Waals surface area (Å²) in [5, 5.41) is 10.6. The van der Waals surface area contributed by atoms with Gasteiger partial charge in [-0.15, -0.1) is 11.8 Å². The summed E-state index contributed by atoms with van der Waals surface area (Å²) in [7, 11) is 0. The van der Waals surface area contributed by atoms with Crippen LogP contribution in [0.3, 0.4) is 0 Å². The number of hydrogen-bond donors (Lipinski definition) is 3. The topological polar surface area (TPSA) is 113 Å². The van der Waals surface area contributed by atoms with Crippen molar-refractivity contribution < 1.29 is 19.5 Å². The molecule has 0 aromatic carbocycles. The molecule has 4 N–H and O–H groups in total. The molecule has 88 valence electrons. The maximum atomic E-state index is 11.8. The summed E-state index contributed by atoms with van der Waals surface area (Å²) < 4.78 is 0. The van der Waals surface area contributed by atoms with Crippen molar-refractivity contribution >= 4 is 29.7 Å². The van der Waals surface area contributed by atoms with Crippen LogP contribution in [-0.4, -0.2) is 51.1 Å². The Balaban J connectivity index is 2.11. The highest BCUT2D eigenvalue weighted by molar-refractivity contribution is 8.00. The molecule has 2 saturated heterocycles. The molecule has 3 atom stereocenters. The first-order chi connectivity index (χ1) is 7.50. The number of amides is 3. The molecule has 0 aliphatic carbocycles. The fourth-order valence-corrected chi connectivity index (χ4v) is 3.48. The summed E-state index contributed by atoms with van der Waals surface area (Å²) in [5.41, 5.74) is 5.18. The Morgan fingerprint density at radius 2 is 2.25 bits per heavy atom. The van der Waals surface area contributed by atoms with Crippen molar-refractivity contribution in [2.75, 3.05) is 5.75 Å². The quantitative estimate of drug-likeness (QED) is 0.564. The van der Waals surface area contributed by atoms with Crippen LogP contribution in [0.5, 0.6) is 0 Å². The third kappa shape index (κ3) is 1.69. The fraction of sp³-hybridized carbons (Fsp3) is 0.625. The molecular formula is C8H11N3O4S. The lowest BCUT2D eigenvalue weighted by Gasteiger charge is -2.20. The van der Waals surface area contributed by atoms with Gasteiger partial charge in [0.1, 0.15) is 12.1 Å². The van der Waals surface area contributed by atoms with E-state index in [-0.39, 0.29) is 11.3 Å². The Kier molecular flexibility index (Phi) is 2.66. The van der Waals surface area contributed by atoms with Gasteiger partial charge in [0.2, 0.25) is 11.8 Å². The highest BCUT2D eigenvalue weighted by atomic mass is 32.2. The van der Waals surface area contributed by atoms with E-state index in [2.05, 4.69) is 5.32 Å². The van der Waals surface area contributed by atoms with E-state index in [4.69, 9.17) is 10.8 Å². The van der Waals surface area contributed by atoms with Crippen molar-refractivity contribution in [3.63, 3.8) is 0 Å². The molecule has 0 aromatic rings. The summed E-state index contributed by atoms with van der Waals surface area (Å²) >= 11 is 1.46. The number of carbonyl (C=O) groups is 3. The lowest BCUT2D eigenvalue weighted by molar-refractivity contribution is -0.136. The number of carbonyl (C=O) groups excluding carboxylic acids is 2. The fourth-order valence-electron chi connectivity index (χ4n) is 2.01. The van der Waals surface area contributed by atoms with Gasteiger partial charge in [-0.3, -0.25) is 9.59 Å². The molecule has 0 saturated carbocycles. The van der Waals surface area contributed by atoms with Crippen LogP contribution in [-0.2, 0) is 9.59 Å². The van der Waals surface area contributed by atoms with Gasteiger partial charge in [-0.1, -0.05) is 0 Å². The molecule has 2 aliphatic rings. The van der Waals surface area contributed by atoms with E-state index >= 15 is 0 Å². The summed E-state index contributed by atoms with van der Waals surface area (Å²) in [4.78, 5) is 34.8. The Morgan fingerprint density at radius 3 is 2.81 bits per heavy atom. The van der Waals surface area contributed by atoms with Crippen molar-refractivity contribution in [2.45, 2.75) is 23.9 Å². The molecule has 3 amide bonds. The van der Waals surface area contributed by atoms with E-state index in [1.807, 2.05) is 0 Å². The van der Waals surface area contributed by atoms with E-state index < -0.39 is 24.1 Å². The number of nitrogens with two attached hydrogens (primary N) is 1. The monoisotopic (exact) mass is 245 g/mol. The Bertz CT molecular complexity index is 361. The van der Waals surface area contributed by atoms with Crippen molar-refractivity contribution in [3.05, 3.63) is 0 Å². The van der Waals surface area contributed by atoms with Crippen LogP contribution in [0.1, 0.15) is 6.42 Å². The van der Waals surface area contributed by atoms with Gasteiger partial charge in [0.15, 0.2) is 0 Å². The first kappa shape index (κ1) is 11.1. The minimum absolute atomic E-state index is 0.137. The van der Waals surface area contributed by atoms with E-state index in [0.29, 0.717) is 12.2 Å². The number of primary amides is 1. The lowest BCUT2D eigenvalue weighted by Crippen LogP contribution is -2.48. The predicted octanol–water partition coefficient (Wildman–Crippen LogP) is -1.22. The summed E-state index contributed by atoms with van der Waals surface area (Å²) in [6, 6.07) is -1.36. The third-order valence-electron chi connectivity index (χ3n) is 2.71. The first-order valence-electron chi connectivity index (χ1n) is 4.73. The second kappa shape index (κ2) is 3.85. The van der Waals surface area contributed by atoms with Crippen LogP contribution < -0.4 is 11.1 Å². The van der Waals surface area contributed by atoms with Gasteiger partial charge in [0.25, 0.3) is 0 Å². The van der Waals surface area contributed by atoms with Crippen LogP contribution in [0.25, 0.3) is 0 Å². The summed E-state index contributed by atoms with van der Waals surface area (Å²) in [6.45, 7) is 0. The van der Waals surface area contributed by atoms with Gasteiger partial charge in [-0.2, -0.15) is 0 Å².